The first kappa shape index (κ1) is 16.9. The van der Waals surface area contributed by atoms with Gasteiger partial charge in [-0.1, -0.05) is 18.5 Å². The summed E-state index contributed by atoms with van der Waals surface area (Å²) in [5, 5.41) is 4.29. The highest BCUT2D eigenvalue weighted by Gasteiger charge is 2.15. The number of esters is 1. The Bertz CT molecular complexity index is 551. The molecule has 0 spiro atoms. The fourth-order valence-corrected chi connectivity index (χ4v) is 1.55. The molecule has 0 aliphatic rings. The largest absolute Gasteiger partial charge is 0.452 e. The molecular formula is C13H14ClFN2O4. The Labute approximate surface area is 125 Å². The van der Waals surface area contributed by atoms with Crippen LogP contribution in [0.2, 0.25) is 5.02 Å². The number of imide groups is 1. The molecule has 0 saturated heterocycles. The van der Waals surface area contributed by atoms with Gasteiger partial charge in [-0.25, -0.2) is 14.0 Å². The van der Waals surface area contributed by atoms with E-state index in [1.54, 1.807) is 0 Å². The quantitative estimate of drug-likeness (QED) is 0.812. The van der Waals surface area contributed by atoms with Crippen molar-refractivity contribution in [1.82, 2.24) is 10.6 Å². The van der Waals surface area contributed by atoms with Gasteiger partial charge in [-0.05, 0) is 24.6 Å². The molecule has 8 heteroatoms. The highest BCUT2D eigenvalue weighted by Crippen LogP contribution is 2.17. The number of carbonyl (C=O) groups is 3. The van der Waals surface area contributed by atoms with Gasteiger partial charge in [0.25, 0.3) is 5.91 Å². The van der Waals surface area contributed by atoms with E-state index in [9.17, 15) is 18.8 Å². The van der Waals surface area contributed by atoms with Crippen molar-refractivity contribution in [1.29, 1.82) is 0 Å². The zero-order chi connectivity index (χ0) is 15.8. The third-order valence-electron chi connectivity index (χ3n) is 2.27. The minimum Gasteiger partial charge on any atom is -0.452 e. The van der Waals surface area contributed by atoms with Crippen molar-refractivity contribution in [2.24, 2.45) is 0 Å². The predicted octanol–water partition coefficient (Wildman–Crippen LogP) is 1.87. The van der Waals surface area contributed by atoms with Crippen LogP contribution in [0.1, 0.15) is 23.7 Å². The molecule has 2 N–H and O–H groups in total. The number of hydrogen-bond donors (Lipinski definition) is 2. The van der Waals surface area contributed by atoms with Crippen molar-refractivity contribution in [3.05, 3.63) is 34.6 Å². The molecular weight excluding hydrogens is 303 g/mol. The molecule has 0 fully saturated rings. The smallest absolute Gasteiger partial charge is 0.340 e. The van der Waals surface area contributed by atoms with E-state index in [-0.39, 0.29) is 10.6 Å². The number of nitrogens with one attached hydrogen (secondary N) is 2. The molecule has 114 valence electrons. The van der Waals surface area contributed by atoms with Crippen LogP contribution in [0, 0.1) is 5.82 Å². The van der Waals surface area contributed by atoms with Crippen LogP contribution in [-0.2, 0) is 9.53 Å². The van der Waals surface area contributed by atoms with Crippen LogP contribution in [0.5, 0.6) is 0 Å². The van der Waals surface area contributed by atoms with Crippen molar-refractivity contribution < 1.29 is 23.5 Å². The number of carbonyl (C=O) groups excluding carboxylic acids is 3. The third kappa shape index (κ3) is 5.78. The molecule has 0 heterocycles. The molecule has 0 aliphatic heterocycles. The minimum atomic E-state index is -0.885. The van der Waals surface area contributed by atoms with Gasteiger partial charge in [0.1, 0.15) is 5.82 Å². The van der Waals surface area contributed by atoms with Gasteiger partial charge in [-0.3, -0.25) is 10.1 Å². The molecule has 1 aromatic carbocycles. The lowest BCUT2D eigenvalue weighted by Gasteiger charge is -2.07. The van der Waals surface area contributed by atoms with Gasteiger partial charge in [-0.15, -0.1) is 0 Å². The van der Waals surface area contributed by atoms with Crippen LogP contribution in [0.4, 0.5) is 9.18 Å². The highest BCUT2D eigenvalue weighted by atomic mass is 35.5. The van der Waals surface area contributed by atoms with Gasteiger partial charge < -0.3 is 10.1 Å². The van der Waals surface area contributed by atoms with Gasteiger partial charge in [0.2, 0.25) is 0 Å². The maximum atomic E-state index is 12.8. The lowest BCUT2D eigenvalue weighted by atomic mass is 10.2. The lowest BCUT2D eigenvalue weighted by Crippen LogP contribution is -2.41. The Hall–Kier alpha value is -2.15. The summed E-state index contributed by atoms with van der Waals surface area (Å²) in [5.74, 6) is -2.26. The van der Waals surface area contributed by atoms with Gasteiger partial charge in [0.05, 0.1) is 10.6 Å². The average Bonchev–Trinajstić information content (AvgIpc) is 2.42. The maximum absolute atomic E-state index is 12.8. The molecule has 0 atom stereocenters. The van der Waals surface area contributed by atoms with Crippen molar-refractivity contribution in [2.75, 3.05) is 13.2 Å². The molecule has 0 bridgehead atoms. The average molecular weight is 317 g/mol. The number of rotatable bonds is 5. The Balaban J connectivity index is 2.45. The van der Waals surface area contributed by atoms with Crippen LogP contribution in [-0.4, -0.2) is 31.1 Å². The molecule has 3 amide bonds. The first-order valence-corrected chi connectivity index (χ1v) is 6.51. The topological polar surface area (TPSA) is 84.5 Å². The second kappa shape index (κ2) is 8.21. The standard InChI is InChI=1S/C13H14ClFN2O4/c1-2-5-16-13(20)17-11(18)7-21-12(19)9-4-3-8(15)6-10(9)14/h3-4,6H,2,5,7H2,1H3,(H2,16,17,18,20). The van der Waals surface area contributed by atoms with E-state index in [4.69, 9.17) is 11.6 Å². The molecule has 0 saturated carbocycles. The number of amides is 3. The van der Waals surface area contributed by atoms with Crippen LogP contribution < -0.4 is 10.6 Å². The van der Waals surface area contributed by atoms with E-state index >= 15 is 0 Å². The number of halogens is 2. The summed E-state index contributed by atoms with van der Waals surface area (Å²) in [4.78, 5) is 34.2. The fourth-order valence-electron chi connectivity index (χ4n) is 1.31. The van der Waals surface area contributed by atoms with Gasteiger partial charge in [-0.2, -0.15) is 0 Å². The van der Waals surface area contributed by atoms with Gasteiger partial charge in [0, 0.05) is 6.54 Å². The molecule has 0 radical (unpaired) electrons. The van der Waals surface area contributed by atoms with E-state index in [2.05, 4.69) is 10.1 Å². The number of ether oxygens (including phenoxy) is 1. The molecule has 1 aromatic rings. The summed E-state index contributed by atoms with van der Waals surface area (Å²) < 4.78 is 17.5. The molecule has 21 heavy (non-hydrogen) atoms. The summed E-state index contributed by atoms with van der Waals surface area (Å²) in [6, 6.07) is 2.47. The summed E-state index contributed by atoms with van der Waals surface area (Å²) in [5.41, 5.74) is -0.0682. The zero-order valence-electron chi connectivity index (χ0n) is 11.2. The van der Waals surface area contributed by atoms with Gasteiger partial charge in [0.15, 0.2) is 6.61 Å². The second-order valence-corrected chi connectivity index (χ2v) is 4.41. The summed E-state index contributed by atoms with van der Waals surface area (Å²) in [6.07, 6.45) is 0.722. The summed E-state index contributed by atoms with van der Waals surface area (Å²) in [7, 11) is 0. The van der Waals surface area contributed by atoms with Crippen LogP contribution >= 0.6 is 11.6 Å². The summed E-state index contributed by atoms with van der Waals surface area (Å²) >= 11 is 5.68. The Kier molecular flexibility index (Phi) is 6.61. The van der Waals surface area contributed by atoms with Gasteiger partial charge >= 0.3 is 12.0 Å². The molecule has 6 nitrogen and oxygen atoms in total. The van der Waals surface area contributed by atoms with Crippen molar-refractivity contribution in [3.63, 3.8) is 0 Å². The highest BCUT2D eigenvalue weighted by molar-refractivity contribution is 6.33. The SMILES string of the molecule is CCCNC(=O)NC(=O)COC(=O)c1ccc(F)cc1Cl. The van der Waals surface area contributed by atoms with E-state index < -0.39 is 30.3 Å². The summed E-state index contributed by atoms with van der Waals surface area (Å²) in [6.45, 7) is 1.63. The number of benzene rings is 1. The molecule has 0 aromatic heterocycles. The van der Waals surface area contributed by atoms with Crippen molar-refractivity contribution >= 4 is 29.5 Å². The Morgan fingerprint density at radius 1 is 1.33 bits per heavy atom. The molecule has 0 aliphatic carbocycles. The Morgan fingerprint density at radius 2 is 2.05 bits per heavy atom. The normalized spacial score (nSPS) is 9.86. The van der Waals surface area contributed by atoms with Crippen LogP contribution in [0.15, 0.2) is 18.2 Å². The third-order valence-corrected chi connectivity index (χ3v) is 2.59. The van der Waals surface area contributed by atoms with E-state index in [1.807, 2.05) is 12.2 Å². The van der Waals surface area contributed by atoms with E-state index in [0.29, 0.717) is 6.54 Å². The van der Waals surface area contributed by atoms with E-state index in [1.165, 1.54) is 0 Å². The molecule has 0 unspecified atom stereocenters. The first-order valence-electron chi connectivity index (χ1n) is 6.14. The predicted molar refractivity (Wildman–Crippen MR) is 73.5 cm³/mol. The van der Waals surface area contributed by atoms with Crippen molar-refractivity contribution in [3.8, 4) is 0 Å². The second-order valence-electron chi connectivity index (χ2n) is 4.00. The van der Waals surface area contributed by atoms with Crippen molar-refractivity contribution in [2.45, 2.75) is 13.3 Å². The first-order chi connectivity index (χ1) is 9.93. The maximum Gasteiger partial charge on any atom is 0.340 e. The Morgan fingerprint density at radius 3 is 2.67 bits per heavy atom. The monoisotopic (exact) mass is 316 g/mol. The van der Waals surface area contributed by atoms with E-state index in [0.717, 1.165) is 24.6 Å². The molecule has 1 rings (SSSR count). The lowest BCUT2D eigenvalue weighted by molar-refractivity contribution is -0.123. The fraction of sp³-hybridized carbons (Fsp3) is 0.308. The number of hydrogen-bond acceptors (Lipinski definition) is 4. The van der Waals surface area contributed by atoms with Crippen LogP contribution in [0.3, 0.4) is 0 Å². The van der Waals surface area contributed by atoms with Crippen LogP contribution in [0.25, 0.3) is 0 Å². The zero-order valence-corrected chi connectivity index (χ0v) is 12.0. The minimum absolute atomic E-state index is 0.0682. The number of urea groups is 1.